The van der Waals surface area contributed by atoms with E-state index in [9.17, 15) is 14.7 Å². The first kappa shape index (κ1) is 16.2. The van der Waals surface area contributed by atoms with Crippen LogP contribution in [0.15, 0.2) is 48.5 Å². The third-order valence-electron chi connectivity index (χ3n) is 4.25. The summed E-state index contributed by atoms with van der Waals surface area (Å²) in [5.74, 6) is -1.31. The van der Waals surface area contributed by atoms with E-state index in [1.54, 1.807) is 12.1 Å². The van der Waals surface area contributed by atoms with Gasteiger partial charge in [-0.15, -0.1) is 0 Å². The van der Waals surface area contributed by atoms with Gasteiger partial charge in [0.05, 0.1) is 13.2 Å². The number of rotatable bonds is 5. The highest BCUT2D eigenvalue weighted by atomic mass is 16.5. The van der Waals surface area contributed by atoms with Crippen LogP contribution in [0, 0.1) is 0 Å². The zero-order valence-corrected chi connectivity index (χ0v) is 13.4. The number of carboxylic acid groups (broad SMARTS) is 1. The van der Waals surface area contributed by atoms with E-state index in [1.807, 2.05) is 36.4 Å². The number of nitrogens with zero attached hydrogens (tertiary/aromatic N) is 1. The summed E-state index contributed by atoms with van der Waals surface area (Å²) >= 11 is 0. The third kappa shape index (κ3) is 3.31. The Morgan fingerprint density at radius 3 is 2.54 bits per heavy atom. The van der Waals surface area contributed by atoms with Crippen LogP contribution in [0.4, 0.5) is 0 Å². The summed E-state index contributed by atoms with van der Waals surface area (Å²) in [5.41, 5.74) is 3.45. The molecular formula is C19H19NO4. The van der Waals surface area contributed by atoms with Crippen molar-refractivity contribution < 1.29 is 19.4 Å². The largest absolute Gasteiger partial charge is 0.480 e. The fourth-order valence-electron chi connectivity index (χ4n) is 2.77. The predicted molar refractivity (Wildman–Crippen MR) is 88.3 cm³/mol. The first-order chi connectivity index (χ1) is 11.6. The maximum Gasteiger partial charge on any atom is 0.326 e. The van der Waals surface area contributed by atoms with Crippen molar-refractivity contribution in [2.45, 2.75) is 32.7 Å². The van der Waals surface area contributed by atoms with E-state index in [0.717, 1.165) is 16.7 Å². The molecule has 1 atom stereocenters. The third-order valence-corrected chi connectivity index (χ3v) is 4.25. The number of carbonyl (C=O) groups is 2. The number of aliphatic carboxylic acids is 1. The minimum absolute atomic E-state index is 0.251. The highest BCUT2D eigenvalue weighted by molar-refractivity contribution is 5.96. The lowest BCUT2D eigenvalue weighted by Gasteiger charge is -2.27. The molecule has 0 aliphatic carbocycles. The van der Waals surface area contributed by atoms with Crippen LogP contribution in [-0.2, 0) is 29.3 Å². The van der Waals surface area contributed by atoms with Gasteiger partial charge in [0.25, 0.3) is 5.91 Å². The van der Waals surface area contributed by atoms with Gasteiger partial charge in [-0.3, -0.25) is 4.79 Å². The molecule has 1 aliphatic heterocycles. The van der Waals surface area contributed by atoms with Gasteiger partial charge in [-0.25, -0.2) is 4.79 Å². The molecule has 1 aliphatic rings. The summed E-state index contributed by atoms with van der Waals surface area (Å²) in [6.07, 6.45) is 0. The average molecular weight is 325 g/mol. The molecule has 2 aromatic carbocycles. The second kappa shape index (κ2) is 6.84. The zero-order chi connectivity index (χ0) is 17.1. The summed E-state index contributed by atoms with van der Waals surface area (Å²) in [4.78, 5) is 25.7. The van der Waals surface area contributed by atoms with E-state index in [4.69, 9.17) is 4.74 Å². The van der Waals surface area contributed by atoms with E-state index in [1.165, 1.54) is 11.8 Å². The second-order valence-electron chi connectivity index (χ2n) is 5.91. The molecular weight excluding hydrogens is 306 g/mol. The zero-order valence-electron chi connectivity index (χ0n) is 13.4. The van der Waals surface area contributed by atoms with Crippen molar-refractivity contribution in [1.29, 1.82) is 0 Å². The van der Waals surface area contributed by atoms with Crippen LogP contribution in [0.5, 0.6) is 0 Å². The van der Waals surface area contributed by atoms with Crippen molar-refractivity contribution in [1.82, 2.24) is 4.90 Å². The van der Waals surface area contributed by atoms with Crippen molar-refractivity contribution >= 4 is 11.9 Å². The highest BCUT2D eigenvalue weighted by Crippen LogP contribution is 2.22. The summed E-state index contributed by atoms with van der Waals surface area (Å²) in [5, 5.41) is 9.37. The molecule has 5 heteroatoms. The maximum absolute atomic E-state index is 12.9. The van der Waals surface area contributed by atoms with E-state index in [-0.39, 0.29) is 12.5 Å². The lowest BCUT2D eigenvalue weighted by molar-refractivity contribution is -0.141. The molecule has 2 aromatic rings. The van der Waals surface area contributed by atoms with Crippen molar-refractivity contribution in [3.8, 4) is 0 Å². The molecule has 5 nitrogen and oxygen atoms in total. The van der Waals surface area contributed by atoms with Crippen LogP contribution in [0.25, 0.3) is 0 Å². The van der Waals surface area contributed by atoms with E-state index in [2.05, 4.69) is 0 Å². The summed E-state index contributed by atoms with van der Waals surface area (Å²) < 4.78 is 5.37. The molecule has 0 spiro atoms. The minimum Gasteiger partial charge on any atom is -0.480 e. The molecule has 1 N–H and O–H groups in total. The quantitative estimate of drug-likeness (QED) is 0.918. The highest BCUT2D eigenvalue weighted by Gasteiger charge is 2.27. The number of amides is 1. The summed E-state index contributed by atoms with van der Waals surface area (Å²) in [6.45, 7) is 2.83. The standard InChI is InChI=1S/C19H19NO4/c1-13(19(22)23)20(10-14-5-3-2-4-6-14)18(21)15-7-8-16-11-24-12-17(16)9-15/h2-9,13H,10-12H2,1H3,(H,22,23). The molecule has 24 heavy (non-hydrogen) atoms. The van der Waals surface area contributed by atoms with E-state index >= 15 is 0 Å². The van der Waals surface area contributed by atoms with Crippen LogP contribution in [-0.4, -0.2) is 27.9 Å². The fourth-order valence-corrected chi connectivity index (χ4v) is 2.77. The Bertz CT molecular complexity index is 757. The van der Waals surface area contributed by atoms with E-state index in [0.29, 0.717) is 18.8 Å². The Balaban J connectivity index is 1.89. The van der Waals surface area contributed by atoms with Crippen LogP contribution in [0.3, 0.4) is 0 Å². The molecule has 1 amide bonds. The molecule has 1 unspecified atom stereocenters. The summed E-state index contributed by atoms with van der Waals surface area (Å²) in [6, 6.07) is 13.9. The van der Waals surface area contributed by atoms with Gasteiger partial charge >= 0.3 is 5.97 Å². The minimum atomic E-state index is -1.02. The molecule has 0 bridgehead atoms. The monoisotopic (exact) mass is 325 g/mol. The molecule has 124 valence electrons. The van der Waals surface area contributed by atoms with Gasteiger partial charge in [0, 0.05) is 12.1 Å². The van der Waals surface area contributed by atoms with Gasteiger partial charge in [-0.05, 0) is 35.7 Å². The van der Waals surface area contributed by atoms with Gasteiger partial charge in [0.2, 0.25) is 0 Å². The van der Waals surface area contributed by atoms with Crippen LogP contribution in [0.2, 0.25) is 0 Å². The first-order valence-electron chi connectivity index (χ1n) is 7.83. The smallest absolute Gasteiger partial charge is 0.326 e. The maximum atomic E-state index is 12.9. The van der Waals surface area contributed by atoms with Crippen molar-refractivity contribution in [3.63, 3.8) is 0 Å². The molecule has 0 saturated carbocycles. The fraction of sp³-hybridized carbons (Fsp3) is 0.263. The number of fused-ring (bicyclic) bond motifs is 1. The number of carboxylic acids is 1. The van der Waals surface area contributed by atoms with Crippen LogP contribution < -0.4 is 0 Å². The first-order valence-corrected chi connectivity index (χ1v) is 7.83. The van der Waals surface area contributed by atoms with Crippen LogP contribution in [0.1, 0.15) is 34.0 Å². The average Bonchev–Trinajstić information content (AvgIpc) is 3.07. The van der Waals surface area contributed by atoms with Crippen molar-refractivity contribution in [3.05, 3.63) is 70.8 Å². The van der Waals surface area contributed by atoms with Gasteiger partial charge in [-0.1, -0.05) is 36.4 Å². The molecule has 1 heterocycles. The number of ether oxygens (including phenoxy) is 1. The molecule has 0 radical (unpaired) electrons. The number of hydrogen-bond donors (Lipinski definition) is 1. The van der Waals surface area contributed by atoms with Crippen molar-refractivity contribution in [2.75, 3.05) is 0 Å². The topological polar surface area (TPSA) is 66.8 Å². The molecule has 3 rings (SSSR count). The molecule has 0 fully saturated rings. The van der Waals surface area contributed by atoms with Gasteiger partial charge < -0.3 is 14.7 Å². The molecule has 0 aromatic heterocycles. The number of carbonyl (C=O) groups excluding carboxylic acids is 1. The van der Waals surface area contributed by atoms with Gasteiger partial charge in [0.1, 0.15) is 6.04 Å². The Morgan fingerprint density at radius 1 is 1.12 bits per heavy atom. The van der Waals surface area contributed by atoms with Crippen molar-refractivity contribution in [2.24, 2.45) is 0 Å². The molecule has 0 saturated heterocycles. The normalized spacial score (nSPS) is 14.0. The lowest BCUT2D eigenvalue weighted by atomic mass is 10.0. The van der Waals surface area contributed by atoms with Crippen LogP contribution >= 0.6 is 0 Å². The SMILES string of the molecule is CC(C(=O)O)N(Cc1ccccc1)C(=O)c1ccc2c(c1)COC2. The van der Waals surface area contributed by atoms with E-state index < -0.39 is 12.0 Å². The Morgan fingerprint density at radius 2 is 1.83 bits per heavy atom. The Hall–Kier alpha value is -2.66. The number of hydrogen-bond acceptors (Lipinski definition) is 3. The predicted octanol–water partition coefficient (Wildman–Crippen LogP) is 2.83. The summed E-state index contributed by atoms with van der Waals surface area (Å²) in [7, 11) is 0. The van der Waals surface area contributed by atoms with Gasteiger partial charge in [0.15, 0.2) is 0 Å². The second-order valence-corrected chi connectivity index (χ2v) is 5.91. The Labute approximate surface area is 140 Å². The number of benzene rings is 2. The van der Waals surface area contributed by atoms with Gasteiger partial charge in [-0.2, -0.15) is 0 Å². The Kier molecular flexibility index (Phi) is 4.62. The lowest BCUT2D eigenvalue weighted by Crippen LogP contribution is -2.42.